The number of nitro groups is 1. The molecule has 8 nitrogen and oxygen atoms in total. The molecule has 4 rings (SSSR count). The van der Waals surface area contributed by atoms with Gasteiger partial charge in [0.25, 0.3) is 11.6 Å². The number of non-ortho nitro benzene ring substituents is 1. The van der Waals surface area contributed by atoms with Crippen LogP contribution >= 0.6 is 15.9 Å². The highest BCUT2D eigenvalue weighted by atomic mass is 79.9. The molecule has 1 aromatic heterocycles. The average molecular weight is 457 g/mol. The molecule has 3 aromatic rings. The third kappa shape index (κ3) is 4.19. The van der Waals surface area contributed by atoms with E-state index in [4.69, 9.17) is 4.52 Å². The first-order valence-electron chi connectivity index (χ1n) is 9.14. The summed E-state index contributed by atoms with van der Waals surface area (Å²) in [4.78, 5) is 29.2. The molecule has 0 spiro atoms. The summed E-state index contributed by atoms with van der Waals surface area (Å²) in [6.45, 7) is 1.13. The van der Waals surface area contributed by atoms with Crippen molar-refractivity contribution in [2.75, 3.05) is 13.1 Å². The number of carbonyl (C=O) groups is 1. The van der Waals surface area contributed by atoms with Gasteiger partial charge in [-0.25, -0.2) is 0 Å². The monoisotopic (exact) mass is 456 g/mol. The van der Waals surface area contributed by atoms with E-state index in [0.717, 1.165) is 22.9 Å². The molecule has 0 N–H and O–H groups in total. The Hall–Kier alpha value is -3.07. The fraction of sp³-hybridized carbons (Fsp3) is 0.250. The Morgan fingerprint density at radius 1 is 1.10 bits per heavy atom. The second kappa shape index (κ2) is 8.12. The Morgan fingerprint density at radius 3 is 2.38 bits per heavy atom. The zero-order chi connectivity index (χ0) is 20.4. The van der Waals surface area contributed by atoms with Gasteiger partial charge in [0.15, 0.2) is 0 Å². The van der Waals surface area contributed by atoms with Gasteiger partial charge in [-0.1, -0.05) is 21.1 Å². The lowest BCUT2D eigenvalue weighted by molar-refractivity contribution is -0.384. The van der Waals surface area contributed by atoms with Gasteiger partial charge in [-0.2, -0.15) is 4.98 Å². The van der Waals surface area contributed by atoms with E-state index in [1.54, 1.807) is 4.90 Å². The van der Waals surface area contributed by atoms with E-state index in [1.165, 1.54) is 24.3 Å². The molecule has 1 amide bonds. The molecule has 1 aliphatic rings. The Morgan fingerprint density at radius 2 is 1.76 bits per heavy atom. The largest absolute Gasteiger partial charge is 0.339 e. The highest BCUT2D eigenvalue weighted by Gasteiger charge is 2.28. The Bertz CT molecular complexity index is 1030. The van der Waals surface area contributed by atoms with Crippen molar-refractivity contribution in [1.29, 1.82) is 0 Å². The number of likely N-dealkylation sites (tertiary alicyclic amines) is 1. The van der Waals surface area contributed by atoms with Crippen LogP contribution in [0.15, 0.2) is 57.5 Å². The molecular weight excluding hydrogens is 440 g/mol. The van der Waals surface area contributed by atoms with Crippen molar-refractivity contribution >= 4 is 27.5 Å². The van der Waals surface area contributed by atoms with Gasteiger partial charge in [0, 0.05) is 46.7 Å². The first kappa shape index (κ1) is 19.3. The van der Waals surface area contributed by atoms with Crippen molar-refractivity contribution in [3.63, 3.8) is 0 Å². The fourth-order valence-corrected chi connectivity index (χ4v) is 3.62. The van der Waals surface area contributed by atoms with E-state index in [9.17, 15) is 14.9 Å². The summed E-state index contributed by atoms with van der Waals surface area (Å²) in [5.74, 6) is 1.12. The van der Waals surface area contributed by atoms with Crippen molar-refractivity contribution in [2.45, 2.75) is 18.8 Å². The van der Waals surface area contributed by atoms with Crippen LogP contribution in [0.5, 0.6) is 0 Å². The number of carbonyl (C=O) groups excluding carboxylic acids is 1. The summed E-state index contributed by atoms with van der Waals surface area (Å²) in [6, 6.07) is 13.4. The average Bonchev–Trinajstić information content (AvgIpc) is 3.24. The minimum Gasteiger partial charge on any atom is -0.339 e. The summed E-state index contributed by atoms with van der Waals surface area (Å²) in [5.41, 5.74) is 1.30. The van der Waals surface area contributed by atoms with E-state index < -0.39 is 4.92 Å². The normalized spacial score (nSPS) is 14.7. The van der Waals surface area contributed by atoms with Crippen LogP contribution in [0.1, 0.15) is 35.0 Å². The number of amides is 1. The van der Waals surface area contributed by atoms with Crippen LogP contribution in [-0.4, -0.2) is 39.0 Å². The summed E-state index contributed by atoms with van der Waals surface area (Å²) in [6.07, 6.45) is 1.45. The van der Waals surface area contributed by atoms with Gasteiger partial charge in [-0.15, -0.1) is 0 Å². The number of nitrogens with zero attached hydrogens (tertiary/aromatic N) is 4. The quantitative estimate of drug-likeness (QED) is 0.424. The third-order valence-corrected chi connectivity index (χ3v) is 5.53. The van der Waals surface area contributed by atoms with Crippen molar-refractivity contribution in [3.05, 3.63) is 74.6 Å². The van der Waals surface area contributed by atoms with Crippen molar-refractivity contribution in [3.8, 4) is 11.4 Å². The number of halogens is 1. The number of hydrogen-bond donors (Lipinski definition) is 0. The van der Waals surface area contributed by atoms with Crippen LogP contribution < -0.4 is 0 Å². The van der Waals surface area contributed by atoms with E-state index in [-0.39, 0.29) is 17.5 Å². The van der Waals surface area contributed by atoms with Crippen molar-refractivity contribution in [1.82, 2.24) is 15.0 Å². The van der Waals surface area contributed by atoms with Gasteiger partial charge in [0.2, 0.25) is 11.7 Å². The first-order chi connectivity index (χ1) is 14.0. The maximum Gasteiger partial charge on any atom is 0.269 e. The SMILES string of the molecule is O=C(c1ccc([N+](=O)[O-])cc1)N1CCC(c2nc(-c3ccc(Br)cc3)no2)CC1. The number of benzene rings is 2. The molecule has 1 aliphatic heterocycles. The second-order valence-corrected chi connectivity index (χ2v) is 7.75. The van der Waals surface area contributed by atoms with Crippen LogP contribution in [0, 0.1) is 10.1 Å². The van der Waals surface area contributed by atoms with Gasteiger partial charge < -0.3 is 9.42 Å². The summed E-state index contributed by atoms with van der Waals surface area (Å²) < 4.78 is 6.45. The molecule has 2 aromatic carbocycles. The predicted octanol–water partition coefficient (Wildman–Crippen LogP) is 4.43. The molecule has 0 atom stereocenters. The zero-order valence-electron chi connectivity index (χ0n) is 15.3. The Kier molecular flexibility index (Phi) is 5.39. The smallest absolute Gasteiger partial charge is 0.269 e. The maximum atomic E-state index is 12.6. The highest BCUT2D eigenvalue weighted by molar-refractivity contribution is 9.10. The molecule has 0 unspecified atom stereocenters. The number of hydrogen-bond acceptors (Lipinski definition) is 6. The van der Waals surface area contributed by atoms with Gasteiger partial charge in [0.05, 0.1) is 4.92 Å². The third-order valence-electron chi connectivity index (χ3n) is 5.00. The number of piperidine rings is 1. The number of nitro benzene ring substituents is 1. The zero-order valence-corrected chi connectivity index (χ0v) is 16.9. The van der Waals surface area contributed by atoms with E-state index in [2.05, 4.69) is 26.1 Å². The van der Waals surface area contributed by atoms with Gasteiger partial charge >= 0.3 is 0 Å². The maximum absolute atomic E-state index is 12.6. The van der Waals surface area contributed by atoms with Crippen molar-refractivity contribution in [2.24, 2.45) is 0 Å². The summed E-state index contributed by atoms with van der Waals surface area (Å²) in [7, 11) is 0. The van der Waals surface area contributed by atoms with Crippen LogP contribution in [0.25, 0.3) is 11.4 Å². The molecular formula is C20H17BrN4O4. The summed E-state index contributed by atoms with van der Waals surface area (Å²) in [5, 5.41) is 14.8. The van der Waals surface area contributed by atoms with Crippen LogP contribution in [-0.2, 0) is 0 Å². The molecule has 1 fully saturated rings. The van der Waals surface area contributed by atoms with E-state index in [0.29, 0.717) is 30.4 Å². The van der Waals surface area contributed by atoms with Crippen LogP contribution in [0.3, 0.4) is 0 Å². The molecule has 29 heavy (non-hydrogen) atoms. The molecule has 148 valence electrons. The molecule has 1 saturated heterocycles. The standard InChI is InChI=1S/C20H17BrN4O4/c21-16-5-1-13(2-6-16)18-22-19(29-23-18)14-9-11-24(12-10-14)20(26)15-3-7-17(8-4-15)25(27)28/h1-8,14H,9-12H2. The lowest BCUT2D eigenvalue weighted by Crippen LogP contribution is -2.38. The number of aromatic nitrogens is 2. The van der Waals surface area contributed by atoms with Crippen LogP contribution in [0.4, 0.5) is 5.69 Å². The van der Waals surface area contributed by atoms with Gasteiger partial charge in [-0.3, -0.25) is 14.9 Å². The van der Waals surface area contributed by atoms with E-state index >= 15 is 0 Å². The first-order valence-corrected chi connectivity index (χ1v) is 9.94. The topological polar surface area (TPSA) is 102 Å². The lowest BCUT2D eigenvalue weighted by atomic mass is 9.96. The minimum atomic E-state index is -0.479. The summed E-state index contributed by atoms with van der Waals surface area (Å²) >= 11 is 3.40. The van der Waals surface area contributed by atoms with Gasteiger partial charge in [-0.05, 0) is 49.2 Å². The fourth-order valence-electron chi connectivity index (χ4n) is 3.36. The minimum absolute atomic E-state index is 0.0294. The lowest BCUT2D eigenvalue weighted by Gasteiger charge is -2.30. The Balaban J connectivity index is 1.38. The molecule has 0 radical (unpaired) electrons. The van der Waals surface area contributed by atoms with Crippen LogP contribution in [0.2, 0.25) is 0 Å². The Labute approximate surface area is 174 Å². The van der Waals surface area contributed by atoms with E-state index in [1.807, 2.05) is 24.3 Å². The molecule has 0 saturated carbocycles. The van der Waals surface area contributed by atoms with Gasteiger partial charge in [0.1, 0.15) is 0 Å². The highest BCUT2D eigenvalue weighted by Crippen LogP contribution is 2.29. The molecule has 2 heterocycles. The molecule has 9 heteroatoms. The molecule has 0 aliphatic carbocycles. The molecule has 0 bridgehead atoms. The second-order valence-electron chi connectivity index (χ2n) is 6.83. The predicted molar refractivity (Wildman–Crippen MR) is 108 cm³/mol. The van der Waals surface area contributed by atoms with Crippen molar-refractivity contribution < 1.29 is 14.2 Å². The number of rotatable bonds is 4.